The van der Waals surface area contributed by atoms with Crippen molar-refractivity contribution in [1.82, 2.24) is 0 Å². The van der Waals surface area contributed by atoms with E-state index in [4.69, 9.17) is 0 Å². The molecular weight excluding hydrogens is 180 g/mol. The molecule has 0 bridgehead atoms. The number of hydrogen-bond acceptors (Lipinski definition) is 0. The van der Waals surface area contributed by atoms with Crippen LogP contribution in [0.4, 0.5) is 0 Å². The fourth-order valence-electron chi connectivity index (χ4n) is 4.27. The lowest BCUT2D eigenvalue weighted by Crippen LogP contribution is -2.26. The van der Waals surface area contributed by atoms with Gasteiger partial charge in [0.05, 0.1) is 0 Å². The molecule has 0 heterocycles. The van der Waals surface area contributed by atoms with E-state index >= 15 is 0 Å². The molecule has 2 aliphatic rings. The molecule has 0 aromatic heterocycles. The summed E-state index contributed by atoms with van der Waals surface area (Å²) in [5, 5.41) is 0. The Bertz CT molecular complexity index is 156. The second kappa shape index (κ2) is 5.37. The van der Waals surface area contributed by atoms with Crippen molar-refractivity contribution < 1.29 is 0 Å². The molecule has 2 rings (SSSR count). The predicted molar refractivity (Wildman–Crippen MR) is 66.9 cm³/mol. The van der Waals surface area contributed by atoms with Gasteiger partial charge >= 0.3 is 0 Å². The fourth-order valence-corrected chi connectivity index (χ4v) is 4.27. The first kappa shape index (κ1) is 11.5. The van der Waals surface area contributed by atoms with E-state index < -0.39 is 0 Å². The van der Waals surface area contributed by atoms with Crippen molar-refractivity contribution in [2.24, 2.45) is 23.7 Å². The first-order chi connectivity index (χ1) is 7.33. The van der Waals surface area contributed by atoms with E-state index in [9.17, 15) is 0 Å². The monoisotopic (exact) mass is 208 g/mol. The van der Waals surface area contributed by atoms with Gasteiger partial charge in [0.25, 0.3) is 0 Å². The lowest BCUT2D eigenvalue weighted by Gasteiger charge is -2.34. The van der Waals surface area contributed by atoms with Crippen molar-refractivity contribution in [2.45, 2.75) is 71.6 Å². The van der Waals surface area contributed by atoms with E-state index in [2.05, 4.69) is 13.8 Å². The van der Waals surface area contributed by atoms with Gasteiger partial charge in [0.2, 0.25) is 0 Å². The molecule has 0 nitrogen and oxygen atoms in total. The molecular formula is C15H28. The molecule has 0 spiro atoms. The van der Waals surface area contributed by atoms with Crippen LogP contribution in [0.25, 0.3) is 0 Å². The molecule has 0 saturated heterocycles. The Morgan fingerprint density at radius 2 is 1.27 bits per heavy atom. The van der Waals surface area contributed by atoms with Gasteiger partial charge in [-0.15, -0.1) is 0 Å². The standard InChI is InChI=1S/C15H28/c1-3-12(2)15(13-8-4-5-9-13)14-10-6-7-11-14/h12-15H,3-11H2,1-2H3. The van der Waals surface area contributed by atoms with Crippen molar-refractivity contribution in [3.8, 4) is 0 Å². The van der Waals surface area contributed by atoms with Crippen molar-refractivity contribution in [3.05, 3.63) is 0 Å². The fraction of sp³-hybridized carbons (Fsp3) is 1.00. The normalized spacial score (nSPS) is 26.6. The van der Waals surface area contributed by atoms with Crippen molar-refractivity contribution in [3.63, 3.8) is 0 Å². The molecule has 0 aliphatic heterocycles. The van der Waals surface area contributed by atoms with Crippen LogP contribution >= 0.6 is 0 Å². The third-order valence-electron chi connectivity index (χ3n) is 5.19. The highest BCUT2D eigenvalue weighted by Crippen LogP contribution is 2.45. The molecule has 0 amide bonds. The summed E-state index contributed by atoms with van der Waals surface area (Å²) in [7, 11) is 0. The van der Waals surface area contributed by atoms with Gasteiger partial charge in [-0.25, -0.2) is 0 Å². The minimum Gasteiger partial charge on any atom is -0.0651 e. The highest BCUT2D eigenvalue weighted by atomic mass is 14.4. The SMILES string of the molecule is CCC(C)C(C1CCCC1)C1CCCC1. The highest BCUT2D eigenvalue weighted by Gasteiger charge is 2.35. The van der Waals surface area contributed by atoms with Gasteiger partial charge in [0.1, 0.15) is 0 Å². The van der Waals surface area contributed by atoms with Gasteiger partial charge in [-0.2, -0.15) is 0 Å². The molecule has 1 unspecified atom stereocenters. The van der Waals surface area contributed by atoms with Crippen LogP contribution in [-0.4, -0.2) is 0 Å². The summed E-state index contributed by atoms with van der Waals surface area (Å²) in [4.78, 5) is 0. The summed E-state index contributed by atoms with van der Waals surface area (Å²) < 4.78 is 0. The minimum absolute atomic E-state index is 0.983. The molecule has 2 saturated carbocycles. The van der Waals surface area contributed by atoms with Crippen LogP contribution in [0.1, 0.15) is 71.6 Å². The van der Waals surface area contributed by atoms with Gasteiger partial charge < -0.3 is 0 Å². The molecule has 0 aromatic carbocycles. The number of hydrogen-bond donors (Lipinski definition) is 0. The molecule has 88 valence electrons. The predicted octanol–water partition coefficient (Wildman–Crippen LogP) is 5.03. The van der Waals surface area contributed by atoms with E-state index in [1.54, 1.807) is 25.7 Å². The van der Waals surface area contributed by atoms with E-state index in [-0.39, 0.29) is 0 Å². The van der Waals surface area contributed by atoms with Gasteiger partial charge in [-0.3, -0.25) is 0 Å². The summed E-state index contributed by atoms with van der Waals surface area (Å²) in [6.07, 6.45) is 13.7. The summed E-state index contributed by atoms with van der Waals surface area (Å²) in [5.41, 5.74) is 0. The Morgan fingerprint density at radius 3 is 1.60 bits per heavy atom. The Balaban J connectivity index is 2.00. The van der Waals surface area contributed by atoms with E-state index in [0.717, 1.165) is 23.7 Å². The van der Waals surface area contributed by atoms with Gasteiger partial charge in [0, 0.05) is 0 Å². The maximum atomic E-state index is 2.52. The van der Waals surface area contributed by atoms with Crippen molar-refractivity contribution >= 4 is 0 Å². The average molecular weight is 208 g/mol. The van der Waals surface area contributed by atoms with Crippen LogP contribution in [-0.2, 0) is 0 Å². The second-order valence-electron chi connectivity index (χ2n) is 6.05. The quantitative estimate of drug-likeness (QED) is 0.608. The third-order valence-corrected chi connectivity index (χ3v) is 5.19. The molecule has 1 atom stereocenters. The molecule has 2 fully saturated rings. The van der Waals surface area contributed by atoms with Crippen LogP contribution in [0, 0.1) is 23.7 Å². The first-order valence-electron chi connectivity index (χ1n) is 7.33. The first-order valence-corrected chi connectivity index (χ1v) is 7.33. The van der Waals surface area contributed by atoms with Gasteiger partial charge in [-0.1, -0.05) is 71.6 Å². The highest BCUT2D eigenvalue weighted by molar-refractivity contribution is 4.85. The van der Waals surface area contributed by atoms with Crippen LogP contribution < -0.4 is 0 Å². The van der Waals surface area contributed by atoms with E-state index in [1.165, 1.54) is 32.1 Å². The third kappa shape index (κ3) is 2.57. The lowest BCUT2D eigenvalue weighted by molar-refractivity contribution is 0.154. The maximum Gasteiger partial charge on any atom is -0.0332 e. The Hall–Kier alpha value is 0. The Morgan fingerprint density at radius 1 is 0.867 bits per heavy atom. The zero-order valence-electron chi connectivity index (χ0n) is 10.7. The summed E-state index contributed by atoms with van der Waals surface area (Å²) in [5.74, 6) is 4.27. The summed E-state index contributed by atoms with van der Waals surface area (Å²) >= 11 is 0. The molecule has 2 aliphatic carbocycles. The summed E-state index contributed by atoms with van der Waals surface area (Å²) in [6.45, 7) is 4.91. The minimum atomic E-state index is 0.983. The lowest BCUT2D eigenvalue weighted by atomic mass is 9.71. The zero-order chi connectivity index (χ0) is 10.7. The second-order valence-corrected chi connectivity index (χ2v) is 6.05. The average Bonchev–Trinajstić information content (AvgIpc) is 2.90. The largest absolute Gasteiger partial charge is 0.0651 e. The van der Waals surface area contributed by atoms with Gasteiger partial charge in [0.15, 0.2) is 0 Å². The topological polar surface area (TPSA) is 0 Å². The maximum absolute atomic E-state index is 2.52. The van der Waals surface area contributed by atoms with Gasteiger partial charge in [-0.05, 0) is 23.7 Å². The Kier molecular flexibility index (Phi) is 4.11. The smallest absolute Gasteiger partial charge is 0.0332 e. The molecule has 0 aromatic rings. The molecule has 0 heteroatoms. The van der Waals surface area contributed by atoms with E-state index in [0.29, 0.717) is 0 Å². The Labute approximate surface area is 95.8 Å². The van der Waals surface area contributed by atoms with Crippen molar-refractivity contribution in [2.75, 3.05) is 0 Å². The van der Waals surface area contributed by atoms with Crippen molar-refractivity contribution in [1.29, 1.82) is 0 Å². The molecule has 0 N–H and O–H groups in total. The van der Waals surface area contributed by atoms with Crippen LogP contribution in [0.15, 0.2) is 0 Å². The van der Waals surface area contributed by atoms with Crippen LogP contribution in [0.5, 0.6) is 0 Å². The molecule has 0 radical (unpaired) electrons. The van der Waals surface area contributed by atoms with E-state index in [1.807, 2.05) is 0 Å². The molecule has 15 heavy (non-hydrogen) atoms. The summed E-state index contributed by atoms with van der Waals surface area (Å²) in [6, 6.07) is 0. The van der Waals surface area contributed by atoms with Crippen LogP contribution in [0.3, 0.4) is 0 Å². The number of rotatable bonds is 4. The zero-order valence-corrected chi connectivity index (χ0v) is 10.7. The van der Waals surface area contributed by atoms with Crippen LogP contribution in [0.2, 0.25) is 0 Å².